The summed E-state index contributed by atoms with van der Waals surface area (Å²) < 4.78 is 0. The summed E-state index contributed by atoms with van der Waals surface area (Å²) in [5.74, 6) is 0.388. The second-order valence-electron chi connectivity index (χ2n) is 5.03. The van der Waals surface area contributed by atoms with E-state index in [-0.39, 0.29) is 18.1 Å². The van der Waals surface area contributed by atoms with E-state index in [0.717, 1.165) is 5.56 Å². The summed E-state index contributed by atoms with van der Waals surface area (Å²) in [5.41, 5.74) is 1.57. The number of aliphatic imine (C=N–C) groups is 1. The molecule has 0 saturated carbocycles. The van der Waals surface area contributed by atoms with E-state index >= 15 is 0 Å². The van der Waals surface area contributed by atoms with Crippen LogP contribution < -0.4 is 0 Å². The van der Waals surface area contributed by atoms with Gasteiger partial charge < -0.3 is 9.88 Å². The SMILES string of the molecule is Cl.O=[N+]([O-])/C(=C\c1ccc[nH]1)C1=NCCN1Cc1ccc(Cl)nc1. The molecule has 7 nitrogen and oxygen atoms in total. The first-order valence-corrected chi connectivity index (χ1v) is 7.41. The van der Waals surface area contributed by atoms with Gasteiger partial charge in [0.25, 0.3) is 0 Å². The van der Waals surface area contributed by atoms with Gasteiger partial charge in [0.15, 0.2) is 0 Å². The normalized spacial score (nSPS) is 14.3. The first-order valence-electron chi connectivity index (χ1n) is 7.03. The monoisotopic (exact) mass is 367 g/mol. The van der Waals surface area contributed by atoms with E-state index in [1.807, 2.05) is 11.0 Å². The fraction of sp³-hybridized carbons (Fsp3) is 0.200. The zero-order chi connectivity index (χ0) is 16.2. The summed E-state index contributed by atoms with van der Waals surface area (Å²) in [4.78, 5) is 24.2. The van der Waals surface area contributed by atoms with Gasteiger partial charge in [0.2, 0.25) is 5.84 Å². The number of H-pyrrole nitrogens is 1. The minimum Gasteiger partial charge on any atom is -0.361 e. The maximum atomic E-state index is 11.4. The van der Waals surface area contributed by atoms with Crippen molar-refractivity contribution >= 4 is 35.9 Å². The fourth-order valence-corrected chi connectivity index (χ4v) is 2.49. The molecule has 0 aliphatic carbocycles. The number of nitro groups is 1. The highest BCUT2D eigenvalue weighted by Gasteiger charge is 2.29. The number of hydrogen-bond donors (Lipinski definition) is 1. The first kappa shape index (κ1) is 18.0. The Balaban J connectivity index is 0.00000208. The molecule has 1 N–H and O–H groups in total. The molecular weight excluding hydrogens is 353 g/mol. The van der Waals surface area contributed by atoms with Crippen LogP contribution in [0.2, 0.25) is 5.15 Å². The largest absolute Gasteiger partial charge is 0.361 e. The van der Waals surface area contributed by atoms with Gasteiger partial charge in [-0.1, -0.05) is 17.7 Å². The van der Waals surface area contributed by atoms with Crippen molar-refractivity contribution in [3.63, 3.8) is 0 Å². The maximum Gasteiger partial charge on any atom is 0.313 e. The molecule has 1 aliphatic heterocycles. The standard InChI is InChI=1S/C15H14ClN5O2.ClH/c16-14-4-3-11(9-19-14)10-20-7-6-18-15(20)13(21(22)23)8-12-2-1-5-17-12;/h1-5,8-9,17H,6-7,10H2;1H/b13-8-;. The van der Waals surface area contributed by atoms with Crippen LogP contribution in [-0.2, 0) is 6.54 Å². The molecule has 126 valence electrons. The van der Waals surface area contributed by atoms with Crippen molar-refractivity contribution in [3.8, 4) is 0 Å². The summed E-state index contributed by atoms with van der Waals surface area (Å²) in [5, 5.41) is 11.9. The van der Waals surface area contributed by atoms with Gasteiger partial charge in [-0.15, -0.1) is 12.4 Å². The van der Waals surface area contributed by atoms with Crippen molar-refractivity contribution in [3.05, 3.63) is 68.9 Å². The molecule has 0 aromatic carbocycles. The topological polar surface area (TPSA) is 87.4 Å². The van der Waals surface area contributed by atoms with Crippen LogP contribution in [0.4, 0.5) is 0 Å². The third kappa shape index (κ3) is 4.12. The lowest BCUT2D eigenvalue weighted by Gasteiger charge is -2.18. The van der Waals surface area contributed by atoms with Crippen LogP contribution in [0.25, 0.3) is 6.08 Å². The molecule has 0 fully saturated rings. The zero-order valence-electron chi connectivity index (χ0n) is 12.6. The lowest BCUT2D eigenvalue weighted by molar-refractivity contribution is -0.414. The van der Waals surface area contributed by atoms with E-state index in [0.29, 0.717) is 36.3 Å². The summed E-state index contributed by atoms with van der Waals surface area (Å²) >= 11 is 5.78. The van der Waals surface area contributed by atoms with Crippen LogP contribution in [0.5, 0.6) is 0 Å². The molecule has 1 aliphatic rings. The number of aromatic nitrogens is 2. The highest BCUT2D eigenvalue weighted by Crippen LogP contribution is 2.17. The van der Waals surface area contributed by atoms with Crippen LogP contribution in [0.3, 0.4) is 0 Å². The Kier molecular flexibility index (Phi) is 5.94. The summed E-state index contributed by atoms with van der Waals surface area (Å²) in [6, 6.07) is 7.11. The van der Waals surface area contributed by atoms with Gasteiger partial charge in [-0.2, -0.15) is 0 Å². The molecule has 2 aromatic heterocycles. The molecule has 2 aromatic rings. The highest BCUT2D eigenvalue weighted by atomic mass is 35.5. The number of pyridine rings is 1. The minimum atomic E-state index is -0.405. The van der Waals surface area contributed by atoms with E-state index in [4.69, 9.17) is 11.6 Å². The molecule has 0 radical (unpaired) electrons. The van der Waals surface area contributed by atoms with Crippen molar-refractivity contribution in [2.45, 2.75) is 6.54 Å². The smallest absolute Gasteiger partial charge is 0.313 e. The van der Waals surface area contributed by atoms with Crippen LogP contribution >= 0.6 is 24.0 Å². The molecule has 3 rings (SSSR count). The van der Waals surface area contributed by atoms with Gasteiger partial charge in [0.05, 0.1) is 11.5 Å². The predicted octanol–water partition coefficient (Wildman–Crippen LogP) is 3.02. The second-order valence-corrected chi connectivity index (χ2v) is 5.42. The Morgan fingerprint density at radius 3 is 2.92 bits per heavy atom. The number of aromatic amines is 1. The number of nitrogens with one attached hydrogen (secondary N) is 1. The summed E-state index contributed by atoms with van der Waals surface area (Å²) in [7, 11) is 0. The molecule has 9 heteroatoms. The van der Waals surface area contributed by atoms with E-state index in [9.17, 15) is 10.1 Å². The van der Waals surface area contributed by atoms with Crippen molar-refractivity contribution in [2.24, 2.45) is 4.99 Å². The van der Waals surface area contributed by atoms with Crippen molar-refractivity contribution in [1.29, 1.82) is 0 Å². The van der Waals surface area contributed by atoms with Crippen molar-refractivity contribution in [2.75, 3.05) is 13.1 Å². The molecule has 0 saturated heterocycles. The van der Waals surface area contributed by atoms with Crippen LogP contribution in [0.15, 0.2) is 47.3 Å². The van der Waals surface area contributed by atoms with Gasteiger partial charge in [-0.05, 0) is 23.8 Å². The first-order chi connectivity index (χ1) is 11.1. The van der Waals surface area contributed by atoms with Crippen molar-refractivity contribution in [1.82, 2.24) is 14.9 Å². The molecule has 0 amide bonds. The summed E-state index contributed by atoms with van der Waals surface area (Å²) in [6.45, 7) is 1.67. The third-order valence-corrected chi connectivity index (χ3v) is 3.66. The number of nitrogens with zero attached hydrogens (tertiary/aromatic N) is 4. The molecule has 0 spiro atoms. The van der Waals surface area contributed by atoms with E-state index in [1.54, 1.807) is 30.6 Å². The Labute approximate surface area is 149 Å². The van der Waals surface area contributed by atoms with Gasteiger partial charge in [0.1, 0.15) is 5.15 Å². The fourth-order valence-electron chi connectivity index (χ4n) is 2.38. The Bertz CT molecular complexity index is 757. The summed E-state index contributed by atoms with van der Waals surface area (Å²) in [6.07, 6.45) is 4.88. The highest BCUT2D eigenvalue weighted by molar-refractivity contribution is 6.29. The third-order valence-electron chi connectivity index (χ3n) is 3.43. The Morgan fingerprint density at radius 1 is 1.46 bits per heavy atom. The average Bonchev–Trinajstić information content (AvgIpc) is 3.18. The van der Waals surface area contributed by atoms with E-state index < -0.39 is 4.92 Å². The van der Waals surface area contributed by atoms with Crippen LogP contribution in [-0.4, -0.2) is 38.7 Å². The van der Waals surface area contributed by atoms with Gasteiger partial charge in [-0.3, -0.25) is 15.1 Å². The van der Waals surface area contributed by atoms with Crippen LogP contribution in [0.1, 0.15) is 11.3 Å². The second kappa shape index (κ2) is 7.94. The molecule has 0 unspecified atom stereocenters. The van der Waals surface area contributed by atoms with Crippen molar-refractivity contribution < 1.29 is 4.92 Å². The molecule has 3 heterocycles. The minimum absolute atomic E-state index is 0. The average molecular weight is 368 g/mol. The molecule has 0 atom stereocenters. The number of hydrogen-bond acceptors (Lipinski definition) is 5. The lowest BCUT2D eigenvalue weighted by Crippen LogP contribution is -2.30. The van der Waals surface area contributed by atoms with Gasteiger partial charge >= 0.3 is 5.70 Å². The number of rotatable bonds is 5. The van der Waals surface area contributed by atoms with E-state index in [2.05, 4.69) is 15.0 Å². The Morgan fingerprint density at radius 2 is 2.29 bits per heavy atom. The zero-order valence-corrected chi connectivity index (χ0v) is 14.1. The molecule has 24 heavy (non-hydrogen) atoms. The van der Waals surface area contributed by atoms with Crippen LogP contribution in [0, 0.1) is 10.1 Å². The number of halogens is 2. The number of amidine groups is 1. The quantitative estimate of drug-likeness (QED) is 0.499. The van der Waals surface area contributed by atoms with Gasteiger partial charge in [-0.25, -0.2) is 4.98 Å². The molecular formula is C15H15Cl2N5O2. The van der Waals surface area contributed by atoms with E-state index in [1.165, 1.54) is 6.08 Å². The molecule has 0 bridgehead atoms. The lowest BCUT2D eigenvalue weighted by atomic mass is 10.2. The maximum absolute atomic E-state index is 11.4. The predicted molar refractivity (Wildman–Crippen MR) is 95.0 cm³/mol. The Hall–Kier alpha value is -2.38. The van der Waals surface area contributed by atoms with Gasteiger partial charge in [0, 0.05) is 37.3 Å².